The zero-order valence-electron chi connectivity index (χ0n) is 14.4. The molecule has 0 aliphatic carbocycles. The molecule has 2 N–H and O–H groups in total. The average molecular weight is 388 g/mol. The van der Waals surface area contributed by atoms with Gasteiger partial charge in [0.2, 0.25) is 0 Å². The van der Waals surface area contributed by atoms with E-state index in [1.807, 2.05) is 78.1 Å². The second kappa shape index (κ2) is 8.64. The van der Waals surface area contributed by atoms with E-state index in [9.17, 15) is 14.7 Å². The Hall–Kier alpha value is -1.92. The molecule has 4 nitrogen and oxygen atoms in total. The highest BCUT2D eigenvalue weighted by molar-refractivity contribution is 8.19. The zero-order valence-corrected chi connectivity index (χ0v) is 16.1. The van der Waals surface area contributed by atoms with Crippen LogP contribution in [0.4, 0.5) is 0 Å². The van der Waals surface area contributed by atoms with Crippen LogP contribution in [0.25, 0.3) is 0 Å². The van der Waals surface area contributed by atoms with E-state index in [0.29, 0.717) is 10.1 Å². The first kappa shape index (κ1) is 18.9. The maximum atomic E-state index is 12.7. The lowest BCUT2D eigenvalue weighted by Gasteiger charge is -2.23. The summed E-state index contributed by atoms with van der Waals surface area (Å²) in [5, 5.41) is 12.3. The summed E-state index contributed by atoms with van der Waals surface area (Å²) in [6.07, 6.45) is 0. The molecule has 2 unspecified atom stereocenters. The smallest absolute Gasteiger partial charge is 0.308 e. The molecule has 2 aromatic carbocycles. The van der Waals surface area contributed by atoms with Gasteiger partial charge >= 0.3 is 5.97 Å². The van der Waals surface area contributed by atoms with E-state index in [-0.39, 0.29) is 5.91 Å². The third kappa shape index (κ3) is 4.43. The Balaban J connectivity index is 1.75. The fraction of sp³-hybridized carbons (Fsp3) is 0.300. The monoisotopic (exact) mass is 387 g/mol. The Bertz CT molecular complexity index is 758. The third-order valence-electron chi connectivity index (χ3n) is 4.40. The summed E-state index contributed by atoms with van der Waals surface area (Å²) in [6.45, 7) is 1.61. The number of hydrogen-bond acceptors (Lipinski definition) is 4. The number of nitrogens with one attached hydrogen (secondary N) is 1. The fourth-order valence-electron chi connectivity index (χ4n) is 2.87. The van der Waals surface area contributed by atoms with Gasteiger partial charge in [0.1, 0.15) is 0 Å². The quantitative estimate of drug-likeness (QED) is 0.771. The highest BCUT2D eigenvalue weighted by Crippen LogP contribution is 2.45. The molecule has 2 aromatic rings. The Kier molecular flexibility index (Phi) is 6.27. The second-order valence-electron chi connectivity index (χ2n) is 6.18. The lowest BCUT2D eigenvalue weighted by Crippen LogP contribution is -2.35. The van der Waals surface area contributed by atoms with Gasteiger partial charge < -0.3 is 10.4 Å². The third-order valence-corrected chi connectivity index (χ3v) is 7.51. The van der Waals surface area contributed by atoms with Crippen molar-refractivity contribution in [1.29, 1.82) is 0 Å². The summed E-state index contributed by atoms with van der Waals surface area (Å²) in [5.41, 5.74) is 2.54. The molecule has 1 fully saturated rings. The van der Waals surface area contributed by atoms with Crippen molar-refractivity contribution in [3.05, 3.63) is 71.3 Å². The molecule has 0 spiro atoms. The van der Waals surface area contributed by atoms with Crippen molar-refractivity contribution >= 4 is 35.4 Å². The number of thioether (sulfide) groups is 2. The molecule has 1 saturated heterocycles. The maximum Gasteiger partial charge on any atom is 0.308 e. The van der Waals surface area contributed by atoms with E-state index < -0.39 is 17.9 Å². The molecule has 1 heterocycles. The molecule has 0 bridgehead atoms. The van der Waals surface area contributed by atoms with Crippen molar-refractivity contribution in [2.45, 2.75) is 17.5 Å². The zero-order chi connectivity index (χ0) is 18.5. The number of carbonyl (C=O) groups is 2. The number of carboxylic acid groups (broad SMARTS) is 1. The lowest BCUT2D eigenvalue weighted by molar-refractivity contribution is -0.142. The van der Waals surface area contributed by atoms with Crippen LogP contribution in [0.15, 0.2) is 54.6 Å². The molecule has 136 valence electrons. The number of amides is 1. The van der Waals surface area contributed by atoms with Crippen LogP contribution < -0.4 is 5.32 Å². The van der Waals surface area contributed by atoms with E-state index in [2.05, 4.69) is 5.32 Å². The SMILES string of the molecule is CC(C(=O)O)C(NC(=O)c1ccc(C2SCCS2)cc1)c1ccccc1. The molecule has 1 aliphatic rings. The molecule has 2 atom stereocenters. The van der Waals surface area contributed by atoms with Crippen LogP contribution in [0, 0.1) is 5.92 Å². The first-order chi connectivity index (χ1) is 12.6. The van der Waals surface area contributed by atoms with Crippen LogP contribution in [-0.2, 0) is 4.79 Å². The molecule has 3 rings (SSSR count). The van der Waals surface area contributed by atoms with Crippen molar-refractivity contribution in [3.8, 4) is 0 Å². The minimum absolute atomic E-state index is 0.259. The van der Waals surface area contributed by atoms with Gasteiger partial charge in [-0.15, -0.1) is 23.5 Å². The summed E-state index contributed by atoms with van der Waals surface area (Å²) in [4.78, 5) is 24.1. The largest absolute Gasteiger partial charge is 0.481 e. The van der Waals surface area contributed by atoms with Gasteiger partial charge in [0, 0.05) is 17.1 Å². The van der Waals surface area contributed by atoms with E-state index in [0.717, 1.165) is 17.1 Å². The molecule has 1 amide bonds. The van der Waals surface area contributed by atoms with Gasteiger partial charge in [0.25, 0.3) is 5.91 Å². The number of carbonyl (C=O) groups excluding carboxylic acids is 1. The standard InChI is InChI=1S/C20H21NO3S2/c1-13(19(23)24)17(14-5-3-2-4-6-14)21-18(22)15-7-9-16(10-8-15)20-25-11-12-26-20/h2-10,13,17,20H,11-12H2,1H3,(H,21,22)(H,23,24). The van der Waals surface area contributed by atoms with Crippen LogP contribution in [0.1, 0.15) is 39.0 Å². The van der Waals surface area contributed by atoms with Crippen LogP contribution in [-0.4, -0.2) is 28.5 Å². The van der Waals surface area contributed by atoms with Gasteiger partial charge in [-0.2, -0.15) is 0 Å². The minimum Gasteiger partial charge on any atom is -0.481 e. The summed E-state index contributed by atoms with van der Waals surface area (Å²) in [6, 6.07) is 16.3. The Morgan fingerprint density at radius 1 is 1.04 bits per heavy atom. The topological polar surface area (TPSA) is 66.4 Å². The molecule has 6 heteroatoms. The number of benzene rings is 2. The van der Waals surface area contributed by atoms with Gasteiger partial charge in [-0.1, -0.05) is 42.5 Å². The Morgan fingerprint density at radius 3 is 2.23 bits per heavy atom. The number of aliphatic carboxylic acids is 1. The highest BCUT2D eigenvalue weighted by atomic mass is 32.2. The van der Waals surface area contributed by atoms with E-state index in [1.165, 1.54) is 5.56 Å². The molecule has 0 aromatic heterocycles. The predicted octanol–water partition coefficient (Wildman–Crippen LogP) is 4.36. The second-order valence-corrected chi connectivity index (χ2v) is 8.91. The van der Waals surface area contributed by atoms with Crippen LogP contribution in [0.5, 0.6) is 0 Å². The first-order valence-corrected chi connectivity index (χ1v) is 10.6. The van der Waals surface area contributed by atoms with Crippen molar-refractivity contribution in [3.63, 3.8) is 0 Å². The number of hydrogen-bond donors (Lipinski definition) is 2. The average Bonchev–Trinajstić information content (AvgIpc) is 3.21. The van der Waals surface area contributed by atoms with Gasteiger partial charge in [0.15, 0.2) is 0 Å². The normalized spacial score (nSPS) is 16.8. The van der Waals surface area contributed by atoms with Crippen molar-refractivity contribution in [2.24, 2.45) is 5.92 Å². The van der Waals surface area contributed by atoms with Gasteiger partial charge in [0.05, 0.1) is 16.5 Å². The Labute approximate surface area is 161 Å². The van der Waals surface area contributed by atoms with E-state index in [1.54, 1.807) is 6.92 Å². The molecular weight excluding hydrogens is 366 g/mol. The Morgan fingerprint density at radius 2 is 1.65 bits per heavy atom. The highest BCUT2D eigenvalue weighted by Gasteiger charge is 2.27. The summed E-state index contributed by atoms with van der Waals surface area (Å²) >= 11 is 3.84. The molecule has 26 heavy (non-hydrogen) atoms. The predicted molar refractivity (Wildman–Crippen MR) is 108 cm³/mol. The lowest BCUT2D eigenvalue weighted by atomic mass is 9.94. The van der Waals surface area contributed by atoms with Gasteiger partial charge in [-0.3, -0.25) is 9.59 Å². The van der Waals surface area contributed by atoms with Crippen LogP contribution in [0.2, 0.25) is 0 Å². The van der Waals surface area contributed by atoms with E-state index >= 15 is 0 Å². The minimum atomic E-state index is -0.940. The van der Waals surface area contributed by atoms with Crippen molar-refractivity contribution < 1.29 is 14.7 Å². The fourth-order valence-corrected chi connectivity index (χ4v) is 5.73. The molecule has 0 saturated carbocycles. The summed E-state index contributed by atoms with van der Waals surface area (Å²) in [5.74, 6) is 0.384. The maximum absolute atomic E-state index is 12.7. The number of rotatable bonds is 6. The van der Waals surface area contributed by atoms with Crippen LogP contribution >= 0.6 is 23.5 Å². The van der Waals surface area contributed by atoms with Gasteiger partial charge in [-0.25, -0.2) is 0 Å². The number of carboxylic acids is 1. The first-order valence-electron chi connectivity index (χ1n) is 8.48. The van der Waals surface area contributed by atoms with Crippen LogP contribution in [0.3, 0.4) is 0 Å². The van der Waals surface area contributed by atoms with Crippen molar-refractivity contribution in [2.75, 3.05) is 11.5 Å². The van der Waals surface area contributed by atoms with E-state index in [4.69, 9.17) is 0 Å². The summed E-state index contributed by atoms with van der Waals surface area (Å²) in [7, 11) is 0. The molecule has 0 radical (unpaired) electrons. The van der Waals surface area contributed by atoms with Gasteiger partial charge in [-0.05, 0) is 30.2 Å². The van der Waals surface area contributed by atoms with Crippen molar-refractivity contribution in [1.82, 2.24) is 5.32 Å². The molecular formula is C20H21NO3S2. The summed E-state index contributed by atoms with van der Waals surface area (Å²) < 4.78 is 0.441. The molecule has 1 aliphatic heterocycles.